The predicted molar refractivity (Wildman–Crippen MR) is 149 cm³/mol. The van der Waals surface area contributed by atoms with Crippen LogP contribution in [0.15, 0.2) is 36.0 Å². The van der Waals surface area contributed by atoms with Gasteiger partial charge in [-0.3, -0.25) is 9.69 Å². The summed E-state index contributed by atoms with van der Waals surface area (Å²) < 4.78 is 12.5. The van der Waals surface area contributed by atoms with Gasteiger partial charge in [-0.05, 0) is 83.6 Å². The van der Waals surface area contributed by atoms with Gasteiger partial charge in [0.1, 0.15) is 12.3 Å². The van der Waals surface area contributed by atoms with Crippen LogP contribution in [0, 0.1) is 3.57 Å². The van der Waals surface area contributed by atoms with Crippen LogP contribution in [0.3, 0.4) is 0 Å². The third-order valence-electron chi connectivity index (χ3n) is 6.17. The summed E-state index contributed by atoms with van der Waals surface area (Å²) in [6, 6.07) is 9.32. The summed E-state index contributed by atoms with van der Waals surface area (Å²) in [7, 11) is 3.45. The number of carbonyl (C=O) groups excluding carboxylic acids is 1. The van der Waals surface area contributed by atoms with Crippen molar-refractivity contribution in [2.75, 3.05) is 14.2 Å². The van der Waals surface area contributed by atoms with Crippen molar-refractivity contribution in [3.63, 3.8) is 0 Å². The van der Waals surface area contributed by atoms with E-state index in [2.05, 4.69) is 22.6 Å². The number of methoxy groups -OCH3 is 1. The van der Waals surface area contributed by atoms with E-state index >= 15 is 0 Å². The Labute approximate surface area is 229 Å². The summed E-state index contributed by atoms with van der Waals surface area (Å²) in [6.45, 7) is 0.272. The maximum Gasteiger partial charge on any atom is 0.277 e. The van der Waals surface area contributed by atoms with Gasteiger partial charge in [0.2, 0.25) is 0 Å². The summed E-state index contributed by atoms with van der Waals surface area (Å²) in [5.74, 6) is 1.15. The molecule has 0 radical (unpaired) electrons. The van der Waals surface area contributed by atoms with E-state index in [9.17, 15) is 4.79 Å². The van der Waals surface area contributed by atoms with E-state index < -0.39 is 0 Å². The molecule has 180 valence electrons. The molecule has 2 aromatic carbocycles. The van der Waals surface area contributed by atoms with Crippen molar-refractivity contribution in [1.29, 1.82) is 0 Å². The van der Waals surface area contributed by atoms with E-state index in [4.69, 9.17) is 44.9 Å². The molecule has 4 rings (SSSR count). The third-order valence-corrected chi connectivity index (χ3v) is 8.03. The lowest BCUT2D eigenvalue weighted by molar-refractivity contribution is -0.124. The van der Waals surface area contributed by atoms with Crippen LogP contribution in [-0.4, -0.2) is 41.0 Å². The molecule has 0 aromatic heterocycles. The highest BCUT2D eigenvalue weighted by Crippen LogP contribution is 2.37. The van der Waals surface area contributed by atoms with E-state index in [0.29, 0.717) is 32.4 Å². The number of benzene rings is 2. The minimum atomic E-state index is -0.0360. The molecule has 1 aliphatic heterocycles. The van der Waals surface area contributed by atoms with Gasteiger partial charge in [-0.25, -0.2) is 0 Å². The van der Waals surface area contributed by atoms with Crippen molar-refractivity contribution in [3.05, 3.63) is 60.8 Å². The van der Waals surface area contributed by atoms with Crippen molar-refractivity contribution >= 4 is 75.1 Å². The number of halogens is 3. The first-order chi connectivity index (χ1) is 16.3. The number of hydrogen-bond donors (Lipinski definition) is 0. The number of nitrogens with zero attached hydrogens (tertiary/aromatic N) is 2. The maximum atomic E-state index is 13.3. The summed E-state index contributed by atoms with van der Waals surface area (Å²) in [5, 5.41) is 1.69. The lowest BCUT2D eigenvalue weighted by Crippen LogP contribution is -2.41. The Morgan fingerprint density at radius 2 is 1.91 bits per heavy atom. The zero-order valence-electron chi connectivity index (χ0n) is 18.9. The first-order valence-corrected chi connectivity index (χ1v) is 13.3. The molecule has 2 fully saturated rings. The molecule has 0 unspecified atom stereocenters. The lowest BCUT2D eigenvalue weighted by atomic mass is 9.94. The lowest BCUT2D eigenvalue weighted by Gasteiger charge is -2.30. The van der Waals surface area contributed by atoms with Crippen LogP contribution in [0.1, 0.15) is 43.2 Å². The molecule has 1 saturated heterocycles. The first-order valence-electron chi connectivity index (χ1n) is 11.1. The molecule has 1 heterocycles. The molecule has 1 aliphatic carbocycles. The monoisotopic (exact) mass is 630 g/mol. The minimum absolute atomic E-state index is 0.0360. The quantitative estimate of drug-likeness (QED) is 0.197. The van der Waals surface area contributed by atoms with Crippen LogP contribution in [0.5, 0.6) is 11.5 Å². The Balaban J connectivity index is 1.58. The number of rotatable bonds is 6. The van der Waals surface area contributed by atoms with Gasteiger partial charge in [-0.2, -0.15) is 0 Å². The predicted octanol–water partition coefficient (Wildman–Crippen LogP) is 6.92. The standard InChI is InChI=1S/C25H25Cl2IN2O3S/c1-29-21(24(31)30(25(29)34)18-6-4-3-5-7-18)11-15-10-20(28)23(22(12-15)32-2)33-14-16-8-9-17(26)13-19(16)27/h8-13,18H,3-7,14H2,1-2H3/b21-11-. The van der Waals surface area contributed by atoms with Gasteiger partial charge in [-0.15, -0.1) is 0 Å². The molecule has 2 aromatic rings. The van der Waals surface area contributed by atoms with Gasteiger partial charge in [0.15, 0.2) is 16.6 Å². The van der Waals surface area contributed by atoms with Crippen LogP contribution < -0.4 is 9.47 Å². The highest BCUT2D eigenvalue weighted by Gasteiger charge is 2.40. The van der Waals surface area contributed by atoms with E-state index in [1.807, 2.05) is 31.3 Å². The van der Waals surface area contributed by atoms with Gasteiger partial charge in [0, 0.05) is 28.7 Å². The second-order valence-corrected chi connectivity index (χ2v) is 10.8. The molecular formula is C25H25Cl2IN2O3S. The number of amides is 1. The Hall–Kier alpha value is -1.55. The van der Waals surface area contributed by atoms with Crippen LogP contribution >= 0.6 is 58.0 Å². The van der Waals surface area contributed by atoms with Gasteiger partial charge in [-0.1, -0.05) is 48.5 Å². The van der Waals surface area contributed by atoms with Crippen LogP contribution in [0.2, 0.25) is 10.0 Å². The summed E-state index contributed by atoms with van der Waals surface area (Å²) in [5.41, 5.74) is 2.22. The molecule has 1 amide bonds. The average molecular weight is 631 g/mol. The smallest absolute Gasteiger partial charge is 0.277 e. The number of likely N-dealkylation sites (N-methyl/N-ethyl adjacent to an activating group) is 1. The average Bonchev–Trinajstić information content (AvgIpc) is 3.02. The number of carbonyl (C=O) groups is 1. The van der Waals surface area contributed by atoms with E-state index in [0.717, 1.165) is 40.4 Å². The molecule has 34 heavy (non-hydrogen) atoms. The van der Waals surface area contributed by atoms with Gasteiger partial charge in [0.25, 0.3) is 5.91 Å². The second kappa shape index (κ2) is 11.0. The Kier molecular flexibility index (Phi) is 8.28. The van der Waals surface area contributed by atoms with Crippen molar-refractivity contribution in [1.82, 2.24) is 9.80 Å². The van der Waals surface area contributed by atoms with E-state index in [1.165, 1.54) is 6.42 Å². The summed E-state index contributed by atoms with van der Waals surface area (Å²) in [4.78, 5) is 16.9. The maximum absolute atomic E-state index is 13.3. The Morgan fingerprint density at radius 3 is 2.59 bits per heavy atom. The Bertz CT molecular complexity index is 1150. The summed E-state index contributed by atoms with van der Waals surface area (Å²) >= 11 is 20.1. The molecule has 9 heteroatoms. The van der Waals surface area contributed by atoms with E-state index in [-0.39, 0.29) is 18.6 Å². The SMILES string of the molecule is COc1cc(/C=C2/C(=O)N(C3CCCCC3)C(=S)N2C)cc(I)c1OCc1ccc(Cl)cc1Cl. The zero-order chi connectivity index (χ0) is 24.4. The van der Waals surface area contributed by atoms with Crippen molar-refractivity contribution in [3.8, 4) is 11.5 Å². The molecule has 0 spiro atoms. The highest BCUT2D eigenvalue weighted by molar-refractivity contribution is 14.1. The Morgan fingerprint density at radius 1 is 1.18 bits per heavy atom. The van der Waals surface area contributed by atoms with Crippen LogP contribution in [0.25, 0.3) is 6.08 Å². The number of thiocarbonyl (C=S) groups is 1. The molecule has 5 nitrogen and oxygen atoms in total. The molecule has 0 atom stereocenters. The van der Waals surface area contributed by atoms with Crippen LogP contribution in [-0.2, 0) is 11.4 Å². The zero-order valence-corrected chi connectivity index (χ0v) is 23.4. The highest BCUT2D eigenvalue weighted by atomic mass is 127. The fourth-order valence-electron chi connectivity index (χ4n) is 4.35. The molecule has 1 saturated carbocycles. The molecule has 0 N–H and O–H groups in total. The van der Waals surface area contributed by atoms with Gasteiger partial charge < -0.3 is 14.4 Å². The normalized spacial score (nSPS) is 18.2. The van der Waals surface area contributed by atoms with Gasteiger partial charge in [0.05, 0.1) is 10.7 Å². The molecule has 2 aliphatic rings. The van der Waals surface area contributed by atoms with Gasteiger partial charge >= 0.3 is 0 Å². The topological polar surface area (TPSA) is 42.0 Å². The molecular weight excluding hydrogens is 606 g/mol. The van der Waals surface area contributed by atoms with Crippen LogP contribution in [0.4, 0.5) is 0 Å². The largest absolute Gasteiger partial charge is 0.493 e. The fraction of sp³-hybridized carbons (Fsp3) is 0.360. The third kappa shape index (κ3) is 5.32. The fourth-order valence-corrected chi connectivity index (χ4v) is 5.92. The van der Waals surface area contributed by atoms with Crippen molar-refractivity contribution < 1.29 is 14.3 Å². The summed E-state index contributed by atoms with van der Waals surface area (Å²) in [6.07, 6.45) is 7.36. The number of ether oxygens (including phenoxy) is 2. The minimum Gasteiger partial charge on any atom is -0.493 e. The van der Waals surface area contributed by atoms with Crippen molar-refractivity contribution in [2.24, 2.45) is 0 Å². The number of hydrogen-bond acceptors (Lipinski definition) is 4. The first kappa shape index (κ1) is 25.5. The second-order valence-electron chi connectivity index (χ2n) is 8.40. The van der Waals surface area contributed by atoms with E-state index in [1.54, 1.807) is 29.0 Å². The molecule has 0 bridgehead atoms. The van der Waals surface area contributed by atoms with Crippen molar-refractivity contribution in [2.45, 2.75) is 44.8 Å².